The molecule has 0 saturated heterocycles. The van der Waals surface area contributed by atoms with E-state index < -0.39 is 70.3 Å². The van der Waals surface area contributed by atoms with Crippen LogP contribution in [0, 0.1) is 28.6 Å². The summed E-state index contributed by atoms with van der Waals surface area (Å²) in [6.07, 6.45) is -1.28. The quantitative estimate of drug-likeness (QED) is 0.608. The van der Waals surface area contributed by atoms with Gasteiger partial charge in [0.1, 0.15) is 18.4 Å². The molecule has 0 bridgehead atoms. The predicted octanol–water partition coefficient (Wildman–Crippen LogP) is 2.41. The van der Waals surface area contributed by atoms with Crippen LogP contribution in [0.15, 0.2) is 22.8 Å². The van der Waals surface area contributed by atoms with E-state index in [1.807, 2.05) is 0 Å². The van der Waals surface area contributed by atoms with Crippen molar-refractivity contribution < 1.29 is 33.7 Å². The number of ketones is 2. The summed E-state index contributed by atoms with van der Waals surface area (Å²) in [7, 11) is 0. The lowest BCUT2D eigenvalue weighted by Gasteiger charge is -2.63. The maximum atomic E-state index is 17.0. The van der Waals surface area contributed by atoms with Crippen molar-refractivity contribution in [1.82, 2.24) is 0 Å². The van der Waals surface area contributed by atoms with Gasteiger partial charge >= 0.3 is 0 Å². The van der Waals surface area contributed by atoms with Gasteiger partial charge in [0.05, 0.1) is 11.1 Å². The molecule has 8 heteroatoms. The summed E-state index contributed by atoms with van der Waals surface area (Å²) in [6, 6.07) is 0. The smallest absolute Gasteiger partial charge is 0.196 e. The molecule has 9 atom stereocenters. The van der Waals surface area contributed by atoms with Crippen LogP contribution in [0.25, 0.3) is 0 Å². The number of carbonyl (C=O) groups excluding carboxylic acids is 2. The van der Waals surface area contributed by atoms with Crippen LogP contribution in [-0.4, -0.2) is 57.0 Å². The zero-order chi connectivity index (χ0) is 22.4. The summed E-state index contributed by atoms with van der Waals surface area (Å²) >= 11 is 6.02. The third kappa shape index (κ3) is 2.27. The van der Waals surface area contributed by atoms with Crippen molar-refractivity contribution in [2.75, 3.05) is 6.61 Å². The average Bonchev–Trinajstić information content (AvgIpc) is 2.87. The Morgan fingerprint density at radius 1 is 1.30 bits per heavy atom. The van der Waals surface area contributed by atoms with E-state index >= 15 is 8.78 Å². The van der Waals surface area contributed by atoms with Gasteiger partial charge in [-0.05, 0) is 55.7 Å². The van der Waals surface area contributed by atoms with E-state index in [-0.39, 0.29) is 29.9 Å². The summed E-state index contributed by atoms with van der Waals surface area (Å²) < 4.78 is 32.3. The van der Waals surface area contributed by atoms with E-state index in [9.17, 15) is 24.9 Å². The van der Waals surface area contributed by atoms with Gasteiger partial charge < -0.3 is 15.3 Å². The molecule has 4 aliphatic rings. The minimum absolute atomic E-state index is 0.0361. The fourth-order valence-electron chi connectivity index (χ4n) is 7.31. The van der Waals surface area contributed by atoms with E-state index in [1.165, 1.54) is 13.0 Å². The zero-order valence-electron chi connectivity index (χ0n) is 17.2. The molecule has 0 heterocycles. The highest BCUT2D eigenvalue weighted by Crippen LogP contribution is 2.71. The highest BCUT2D eigenvalue weighted by atomic mass is 35.5. The number of fused-ring (bicyclic) bond motifs is 5. The fourth-order valence-corrected chi connectivity index (χ4v) is 7.58. The topological polar surface area (TPSA) is 94.8 Å². The van der Waals surface area contributed by atoms with Crippen LogP contribution < -0.4 is 0 Å². The van der Waals surface area contributed by atoms with E-state index in [2.05, 4.69) is 0 Å². The Labute approximate surface area is 178 Å². The fraction of sp³-hybridized carbons (Fsp3) is 0.727. The Kier molecular flexibility index (Phi) is 4.73. The first-order valence-electron chi connectivity index (χ1n) is 10.3. The monoisotopic (exact) mass is 444 g/mol. The second kappa shape index (κ2) is 6.44. The van der Waals surface area contributed by atoms with Crippen molar-refractivity contribution in [1.29, 1.82) is 0 Å². The molecule has 0 aliphatic heterocycles. The number of alkyl halides is 2. The minimum Gasteiger partial charge on any atom is -0.390 e. The van der Waals surface area contributed by atoms with E-state index in [1.54, 1.807) is 13.8 Å². The van der Waals surface area contributed by atoms with Gasteiger partial charge in [0, 0.05) is 16.7 Å². The molecule has 0 spiro atoms. The normalized spacial score (nSPS) is 52.7. The van der Waals surface area contributed by atoms with Gasteiger partial charge in [-0.1, -0.05) is 25.4 Å². The van der Waals surface area contributed by atoms with Crippen LogP contribution >= 0.6 is 11.6 Å². The van der Waals surface area contributed by atoms with Crippen LogP contribution in [0.5, 0.6) is 0 Å². The first kappa shape index (κ1) is 22.1. The number of aliphatic hydroxyl groups excluding tert-OH is 2. The van der Waals surface area contributed by atoms with Crippen molar-refractivity contribution in [2.24, 2.45) is 28.6 Å². The maximum Gasteiger partial charge on any atom is 0.196 e. The third-order valence-corrected chi connectivity index (χ3v) is 9.13. The lowest BCUT2D eigenvalue weighted by atomic mass is 9.44. The molecule has 0 aromatic carbocycles. The molecule has 3 fully saturated rings. The molecule has 166 valence electrons. The van der Waals surface area contributed by atoms with Crippen molar-refractivity contribution in [3.05, 3.63) is 22.8 Å². The summed E-state index contributed by atoms with van der Waals surface area (Å²) in [5, 5.41) is 31.7. The molecule has 30 heavy (non-hydrogen) atoms. The molecule has 0 aromatic heterocycles. The van der Waals surface area contributed by atoms with Gasteiger partial charge in [-0.15, -0.1) is 0 Å². The Hall–Kier alpha value is -1.15. The molecule has 3 saturated carbocycles. The van der Waals surface area contributed by atoms with Gasteiger partial charge in [-0.25, -0.2) is 8.78 Å². The van der Waals surface area contributed by atoms with Gasteiger partial charge in [-0.3, -0.25) is 9.59 Å². The number of halogens is 3. The summed E-state index contributed by atoms with van der Waals surface area (Å²) in [4.78, 5) is 24.6. The highest BCUT2D eigenvalue weighted by molar-refractivity contribution is 6.44. The number of Topliss-reactive ketones (excluding diaryl/α,β-unsaturated/α-hetero) is 1. The maximum absolute atomic E-state index is 17.0. The number of hydrogen-bond donors (Lipinski definition) is 3. The largest absolute Gasteiger partial charge is 0.390 e. The van der Waals surface area contributed by atoms with Crippen LogP contribution in [0.3, 0.4) is 0 Å². The number of allylic oxidation sites excluding steroid dienone is 4. The Morgan fingerprint density at radius 3 is 2.53 bits per heavy atom. The van der Waals surface area contributed by atoms with Crippen molar-refractivity contribution >= 4 is 23.2 Å². The van der Waals surface area contributed by atoms with Gasteiger partial charge in [0.2, 0.25) is 0 Å². The molecule has 5 nitrogen and oxygen atoms in total. The lowest BCUT2D eigenvalue weighted by molar-refractivity contribution is -0.223. The lowest BCUT2D eigenvalue weighted by Crippen LogP contribution is -2.70. The molecular formula is C22H27ClF2O5. The van der Waals surface area contributed by atoms with E-state index in [0.717, 1.165) is 6.08 Å². The van der Waals surface area contributed by atoms with Crippen molar-refractivity contribution in [2.45, 2.75) is 63.6 Å². The van der Waals surface area contributed by atoms with Gasteiger partial charge in [0.15, 0.2) is 17.2 Å². The van der Waals surface area contributed by atoms with Gasteiger partial charge in [-0.2, -0.15) is 0 Å². The predicted molar refractivity (Wildman–Crippen MR) is 105 cm³/mol. The number of rotatable bonds is 2. The SMILES string of the molecule is C[C@@H]1CC2C3CC(F)C4=CC(=O)C(Cl)=C[C@]4(C)[C@@]3(F)[C@@H](O)C[C@]2(C)[C@@]1(O)C(=O)CO. The molecule has 3 unspecified atom stereocenters. The first-order valence-corrected chi connectivity index (χ1v) is 10.7. The molecule has 0 aromatic rings. The van der Waals surface area contributed by atoms with Crippen LogP contribution in [0.4, 0.5) is 8.78 Å². The third-order valence-electron chi connectivity index (χ3n) is 8.84. The first-order chi connectivity index (χ1) is 13.8. The Balaban J connectivity index is 1.89. The van der Waals surface area contributed by atoms with Crippen LogP contribution in [0.1, 0.15) is 40.0 Å². The molecule has 3 N–H and O–H groups in total. The number of hydrogen-bond acceptors (Lipinski definition) is 5. The highest BCUT2D eigenvalue weighted by Gasteiger charge is 2.76. The number of carbonyl (C=O) groups is 2. The Bertz CT molecular complexity index is 889. The molecule has 4 aliphatic carbocycles. The van der Waals surface area contributed by atoms with Gasteiger partial charge in [0.25, 0.3) is 0 Å². The molecule has 0 amide bonds. The van der Waals surface area contributed by atoms with E-state index in [0.29, 0.717) is 0 Å². The second-order valence-corrected chi connectivity index (χ2v) is 10.4. The van der Waals surface area contributed by atoms with Crippen LogP contribution in [-0.2, 0) is 9.59 Å². The second-order valence-electron chi connectivity index (χ2n) is 9.96. The van der Waals surface area contributed by atoms with Crippen LogP contribution in [0.2, 0.25) is 0 Å². The molecular weight excluding hydrogens is 418 g/mol. The molecule has 4 rings (SSSR count). The zero-order valence-corrected chi connectivity index (χ0v) is 17.9. The number of aliphatic hydroxyl groups is 3. The van der Waals surface area contributed by atoms with Crippen molar-refractivity contribution in [3.8, 4) is 0 Å². The van der Waals surface area contributed by atoms with Crippen molar-refractivity contribution in [3.63, 3.8) is 0 Å². The molecule has 0 radical (unpaired) electrons. The average molecular weight is 445 g/mol. The standard InChI is InChI=1S/C22H27ClF2O5/c1-10-4-11-12-5-15(24)13-6-16(27)14(23)7-19(13,2)21(12,25)17(28)8-20(11,3)22(10,30)18(29)9-26/h6-7,10-12,15,17,26,28,30H,4-5,8-9H2,1-3H3/t10-,11?,12?,15?,17+,19+,20+,21+,22+/m1/s1. The minimum atomic E-state index is -2.33. The van der Waals surface area contributed by atoms with E-state index in [4.69, 9.17) is 11.6 Å². The Morgan fingerprint density at radius 2 is 1.93 bits per heavy atom. The summed E-state index contributed by atoms with van der Waals surface area (Å²) in [5.41, 5.74) is -7.19. The summed E-state index contributed by atoms with van der Waals surface area (Å²) in [5.74, 6) is -3.59. The summed E-state index contributed by atoms with van der Waals surface area (Å²) in [6.45, 7) is 3.84.